The first-order valence-electron chi connectivity index (χ1n) is 3.93. The Morgan fingerprint density at radius 2 is 2.17 bits per heavy atom. The normalized spacial score (nSPS) is 24.7. The molecule has 0 aliphatic carbocycles. The third-order valence-electron chi connectivity index (χ3n) is 1.96. The molecule has 0 N–H and O–H groups in total. The van der Waals surface area contributed by atoms with Crippen LogP contribution in [0.5, 0.6) is 0 Å². The lowest BCUT2D eigenvalue weighted by Crippen LogP contribution is -2.23. The van der Waals surface area contributed by atoms with Crippen molar-refractivity contribution in [2.75, 3.05) is 13.6 Å². The summed E-state index contributed by atoms with van der Waals surface area (Å²) in [5, 5.41) is 0. The summed E-state index contributed by atoms with van der Waals surface area (Å²) >= 11 is 0. The molecule has 12 heavy (non-hydrogen) atoms. The lowest BCUT2D eigenvalue weighted by Gasteiger charge is -2.24. The second-order valence-electron chi connectivity index (χ2n) is 3.19. The zero-order valence-corrected chi connectivity index (χ0v) is 6.93. The Labute approximate surface area is 69.9 Å². The number of rotatable bonds is 1. The molecule has 0 aromatic carbocycles. The average Bonchev–Trinajstić information content (AvgIpc) is 1.91. The van der Waals surface area contributed by atoms with Crippen molar-refractivity contribution in [3.63, 3.8) is 0 Å². The van der Waals surface area contributed by atoms with Crippen LogP contribution in [-0.2, 0) is 0 Å². The first kappa shape index (κ1) is 9.42. The van der Waals surface area contributed by atoms with Gasteiger partial charge in [-0.3, -0.25) is 0 Å². The van der Waals surface area contributed by atoms with Crippen LogP contribution in [0.3, 0.4) is 0 Å². The van der Waals surface area contributed by atoms with Crippen molar-refractivity contribution in [1.82, 2.24) is 4.90 Å². The van der Waals surface area contributed by atoms with Crippen LogP contribution in [-0.4, -0.2) is 24.7 Å². The summed E-state index contributed by atoms with van der Waals surface area (Å²) in [5.74, 6) is -0.318. The Morgan fingerprint density at radius 1 is 1.50 bits per heavy atom. The van der Waals surface area contributed by atoms with Gasteiger partial charge in [-0.25, -0.2) is 0 Å². The van der Waals surface area contributed by atoms with Crippen LogP contribution in [0.2, 0.25) is 0 Å². The predicted molar refractivity (Wildman–Crippen MR) is 40.5 cm³/mol. The zero-order chi connectivity index (χ0) is 9.19. The molecule has 70 valence electrons. The molecule has 0 bridgehead atoms. The Bertz CT molecular complexity index is 174. The standard InChI is InChI=1S/C8H12F3N/c1-12-4-2-7(3-5-12)6-8(9,10)11/h2,4,7H,3,5-6H2,1H3. The monoisotopic (exact) mass is 179 g/mol. The highest BCUT2D eigenvalue weighted by molar-refractivity contribution is 4.93. The van der Waals surface area contributed by atoms with E-state index in [2.05, 4.69) is 0 Å². The van der Waals surface area contributed by atoms with Gasteiger partial charge in [-0.05, 0) is 18.5 Å². The lowest BCUT2D eigenvalue weighted by molar-refractivity contribution is -0.142. The van der Waals surface area contributed by atoms with E-state index < -0.39 is 12.6 Å². The van der Waals surface area contributed by atoms with Crippen LogP contribution in [0.15, 0.2) is 12.3 Å². The molecule has 0 spiro atoms. The molecule has 0 aromatic rings. The molecule has 1 aliphatic rings. The second-order valence-corrected chi connectivity index (χ2v) is 3.19. The molecular weight excluding hydrogens is 167 g/mol. The Balaban J connectivity index is 2.40. The summed E-state index contributed by atoms with van der Waals surface area (Å²) in [7, 11) is 1.86. The van der Waals surface area contributed by atoms with E-state index in [4.69, 9.17) is 0 Å². The van der Waals surface area contributed by atoms with Gasteiger partial charge in [0.05, 0.1) is 0 Å². The predicted octanol–water partition coefficient (Wildman–Crippen LogP) is 2.40. The van der Waals surface area contributed by atoms with Crippen molar-refractivity contribution in [1.29, 1.82) is 0 Å². The van der Waals surface area contributed by atoms with Gasteiger partial charge < -0.3 is 4.90 Å². The summed E-state index contributed by atoms with van der Waals surface area (Å²) in [6.07, 6.45) is -0.744. The van der Waals surface area contributed by atoms with Gasteiger partial charge in [0.2, 0.25) is 0 Å². The van der Waals surface area contributed by atoms with Gasteiger partial charge in [0, 0.05) is 20.0 Å². The van der Waals surface area contributed by atoms with Crippen molar-refractivity contribution in [2.24, 2.45) is 5.92 Å². The molecule has 0 saturated carbocycles. The molecule has 1 unspecified atom stereocenters. The van der Waals surface area contributed by atoms with Crippen LogP contribution in [0, 0.1) is 5.92 Å². The highest BCUT2D eigenvalue weighted by atomic mass is 19.4. The Kier molecular flexibility index (Phi) is 2.65. The molecule has 1 atom stereocenters. The van der Waals surface area contributed by atoms with Crippen molar-refractivity contribution in [3.05, 3.63) is 12.3 Å². The number of hydrogen-bond donors (Lipinski definition) is 0. The average molecular weight is 179 g/mol. The third kappa shape index (κ3) is 3.15. The molecular formula is C8H12F3N. The van der Waals surface area contributed by atoms with E-state index in [1.165, 1.54) is 0 Å². The SMILES string of the molecule is CN1C=CC(CC(F)(F)F)CC1. The molecule has 1 nitrogen and oxygen atoms in total. The van der Waals surface area contributed by atoms with Crippen LogP contribution >= 0.6 is 0 Å². The maximum Gasteiger partial charge on any atom is 0.389 e. The van der Waals surface area contributed by atoms with Crippen molar-refractivity contribution in [3.8, 4) is 0 Å². The molecule has 0 radical (unpaired) electrons. The minimum atomic E-state index is -4.02. The fourth-order valence-electron chi connectivity index (χ4n) is 1.28. The molecule has 4 heteroatoms. The maximum absolute atomic E-state index is 11.9. The van der Waals surface area contributed by atoms with Crippen LogP contribution in [0.25, 0.3) is 0 Å². The summed E-state index contributed by atoms with van der Waals surface area (Å²) in [6.45, 7) is 0.719. The van der Waals surface area contributed by atoms with Crippen molar-refractivity contribution in [2.45, 2.75) is 19.0 Å². The number of allylic oxidation sites excluding steroid dienone is 1. The van der Waals surface area contributed by atoms with E-state index in [1.807, 2.05) is 11.9 Å². The van der Waals surface area contributed by atoms with Gasteiger partial charge in [-0.15, -0.1) is 0 Å². The molecule has 0 aromatic heterocycles. The van der Waals surface area contributed by atoms with Crippen molar-refractivity contribution < 1.29 is 13.2 Å². The van der Waals surface area contributed by atoms with E-state index in [0.717, 1.165) is 6.54 Å². The Hall–Kier alpha value is -0.670. The van der Waals surface area contributed by atoms with E-state index in [0.29, 0.717) is 6.42 Å². The molecule has 0 amide bonds. The van der Waals surface area contributed by atoms with Crippen LogP contribution in [0.1, 0.15) is 12.8 Å². The minimum Gasteiger partial charge on any atom is -0.381 e. The highest BCUT2D eigenvalue weighted by Crippen LogP contribution is 2.28. The maximum atomic E-state index is 11.9. The van der Waals surface area contributed by atoms with Gasteiger partial charge in [0.15, 0.2) is 0 Å². The van der Waals surface area contributed by atoms with E-state index in [9.17, 15) is 13.2 Å². The third-order valence-corrected chi connectivity index (χ3v) is 1.96. The summed E-state index contributed by atoms with van der Waals surface area (Å²) in [6, 6.07) is 0. The molecule has 0 saturated heterocycles. The fourth-order valence-corrected chi connectivity index (χ4v) is 1.28. The smallest absolute Gasteiger partial charge is 0.381 e. The van der Waals surface area contributed by atoms with E-state index >= 15 is 0 Å². The summed E-state index contributed by atoms with van der Waals surface area (Å²) in [5.41, 5.74) is 0. The summed E-state index contributed by atoms with van der Waals surface area (Å²) in [4.78, 5) is 1.90. The topological polar surface area (TPSA) is 3.24 Å². The molecule has 0 fully saturated rings. The van der Waals surface area contributed by atoms with Gasteiger partial charge >= 0.3 is 6.18 Å². The number of nitrogens with zero attached hydrogens (tertiary/aromatic N) is 1. The van der Waals surface area contributed by atoms with Crippen molar-refractivity contribution >= 4 is 0 Å². The number of halogens is 3. The summed E-state index contributed by atoms with van der Waals surface area (Å²) < 4.78 is 35.7. The zero-order valence-electron chi connectivity index (χ0n) is 6.93. The fraction of sp³-hybridized carbons (Fsp3) is 0.750. The van der Waals surface area contributed by atoms with Gasteiger partial charge in [-0.2, -0.15) is 13.2 Å². The molecule has 1 aliphatic heterocycles. The highest BCUT2D eigenvalue weighted by Gasteiger charge is 2.31. The lowest BCUT2D eigenvalue weighted by atomic mass is 9.99. The number of hydrogen-bond acceptors (Lipinski definition) is 1. The van der Waals surface area contributed by atoms with Crippen LogP contribution < -0.4 is 0 Å². The van der Waals surface area contributed by atoms with E-state index in [1.54, 1.807) is 12.3 Å². The number of alkyl halides is 3. The molecule has 1 heterocycles. The largest absolute Gasteiger partial charge is 0.389 e. The van der Waals surface area contributed by atoms with Gasteiger partial charge in [-0.1, -0.05) is 6.08 Å². The second kappa shape index (κ2) is 3.37. The Morgan fingerprint density at radius 3 is 2.58 bits per heavy atom. The quantitative estimate of drug-likeness (QED) is 0.597. The van der Waals surface area contributed by atoms with Gasteiger partial charge in [0.1, 0.15) is 0 Å². The van der Waals surface area contributed by atoms with Crippen LogP contribution in [0.4, 0.5) is 13.2 Å². The minimum absolute atomic E-state index is 0.318. The van der Waals surface area contributed by atoms with Gasteiger partial charge in [0.25, 0.3) is 0 Å². The van der Waals surface area contributed by atoms with E-state index in [-0.39, 0.29) is 5.92 Å². The molecule has 1 rings (SSSR count). The first-order valence-corrected chi connectivity index (χ1v) is 3.93. The first-order chi connectivity index (χ1) is 5.47.